The average molecular weight is 254 g/mol. The molecule has 7 heteroatoms. The highest BCUT2D eigenvalue weighted by atomic mass is 32.1. The van der Waals surface area contributed by atoms with Crippen LogP contribution < -0.4 is 0 Å². The third-order valence-corrected chi connectivity index (χ3v) is 2.87. The lowest BCUT2D eigenvalue weighted by atomic mass is 10.4. The van der Waals surface area contributed by atoms with E-state index in [0.29, 0.717) is 11.7 Å². The van der Waals surface area contributed by atoms with Gasteiger partial charge in [0.2, 0.25) is 0 Å². The zero-order valence-corrected chi connectivity index (χ0v) is 9.81. The number of carboxylic acids is 1. The van der Waals surface area contributed by atoms with E-state index in [1.54, 1.807) is 0 Å². The molecule has 0 aromatic carbocycles. The average Bonchev–Trinajstić information content (AvgIpc) is 2.95. The summed E-state index contributed by atoms with van der Waals surface area (Å²) in [5, 5.41) is 14.2. The molecular formula is C10H10N2O4S. The molecule has 0 aliphatic rings. The number of carboxylic acid groups (broad SMARTS) is 1. The molecule has 0 saturated carbocycles. The molecule has 1 atom stereocenters. The quantitative estimate of drug-likeness (QED) is 0.875. The first-order valence-corrected chi connectivity index (χ1v) is 5.75. The number of rotatable bonds is 5. The van der Waals surface area contributed by atoms with Crippen molar-refractivity contribution in [1.82, 2.24) is 10.1 Å². The van der Waals surface area contributed by atoms with Gasteiger partial charge in [-0.3, -0.25) is 0 Å². The van der Waals surface area contributed by atoms with Crippen LogP contribution in [-0.4, -0.2) is 27.3 Å². The van der Waals surface area contributed by atoms with E-state index in [9.17, 15) is 4.79 Å². The third kappa shape index (κ3) is 2.89. The van der Waals surface area contributed by atoms with E-state index in [1.807, 2.05) is 17.5 Å². The molecule has 0 aliphatic carbocycles. The molecular weight excluding hydrogens is 244 g/mol. The first kappa shape index (κ1) is 11.7. The topological polar surface area (TPSA) is 85.5 Å². The fraction of sp³-hybridized carbons (Fsp3) is 0.300. The molecule has 17 heavy (non-hydrogen) atoms. The van der Waals surface area contributed by atoms with E-state index in [-0.39, 0.29) is 6.61 Å². The van der Waals surface area contributed by atoms with Gasteiger partial charge >= 0.3 is 5.97 Å². The summed E-state index contributed by atoms with van der Waals surface area (Å²) < 4.78 is 10.1. The number of hydrogen-bond donors (Lipinski definition) is 1. The van der Waals surface area contributed by atoms with E-state index >= 15 is 0 Å². The lowest BCUT2D eigenvalue weighted by Crippen LogP contribution is -2.19. The Labute approximate surface area is 101 Å². The van der Waals surface area contributed by atoms with Crippen molar-refractivity contribution in [2.24, 2.45) is 0 Å². The van der Waals surface area contributed by atoms with Crippen molar-refractivity contribution in [3.8, 4) is 10.8 Å². The normalized spacial score (nSPS) is 12.5. The Morgan fingerprint density at radius 2 is 2.53 bits per heavy atom. The number of aromatic nitrogens is 2. The Hall–Kier alpha value is -1.73. The van der Waals surface area contributed by atoms with E-state index in [1.165, 1.54) is 18.3 Å². The van der Waals surface area contributed by atoms with Gasteiger partial charge in [0.05, 0.1) is 4.88 Å². The van der Waals surface area contributed by atoms with Crippen molar-refractivity contribution in [3.05, 3.63) is 23.3 Å². The molecule has 2 aromatic heterocycles. The van der Waals surface area contributed by atoms with Gasteiger partial charge in [-0.05, 0) is 18.4 Å². The Morgan fingerprint density at radius 1 is 1.71 bits per heavy atom. The van der Waals surface area contributed by atoms with Crippen LogP contribution in [0.25, 0.3) is 10.8 Å². The Balaban J connectivity index is 1.97. The number of thiophene rings is 1. The first-order chi connectivity index (χ1) is 8.16. The van der Waals surface area contributed by atoms with Gasteiger partial charge in [-0.1, -0.05) is 11.2 Å². The lowest BCUT2D eigenvalue weighted by Gasteiger charge is -2.04. The maximum atomic E-state index is 10.5. The van der Waals surface area contributed by atoms with Crippen LogP contribution in [0, 0.1) is 0 Å². The Morgan fingerprint density at radius 3 is 3.18 bits per heavy atom. The molecule has 0 radical (unpaired) electrons. The highest BCUT2D eigenvalue weighted by Crippen LogP contribution is 2.22. The second kappa shape index (κ2) is 5.07. The van der Waals surface area contributed by atoms with Crippen molar-refractivity contribution in [1.29, 1.82) is 0 Å². The molecule has 1 N–H and O–H groups in total. The number of aliphatic carboxylic acids is 1. The Bertz CT molecular complexity index is 494. The van der Waals surface area contributed by atoms with E-state index in [2.05, 4.69) is 10.1 Å². The second-order valence-corrected chi connectivity index (χ2v) is 4.23. The smallest absolute Gasteiger partial charge is 0.332 e. The van der Waals surface area contributed by atoms with Crippen molar-refractivity contribution < 1.29 is 19.2 Å². The predicted molar refractivity (Wildman–Crippen MR) is 59.5 cm³/mol. The fourth-order valence-corrected chi connectivity index (χ4v) is 1.73. The fourth-order valence-electron chi connectivity index (χ4n) is 1.08. The molecule has 2 aromatic rings. The van der Waals surface area contributed by atoms with Crippen molar-refractivity contribution in [2.75, 3.05) is 0 Å². The molecule has 1 unspecified atom stereocenters. The van der Waals surface area contributed by atoms with Gasteiger partial charge in [-0.15, -0.1) is 11.3 Å². The van der Waals surface area contributed by atoms with Gasteiger partial charge in [-0.2, -0.15) is 4.98 Å². The van der Waals surface area contributed by atoms with Crippen LogP contribution in [-0.2, 0) is 16.1 Å². The minimum atomic E-state index is -1.02. The largest absolute Gasteiger partial charge is 0.479 e. The van der Waals surface area contributed by atoms with E-state index in [0.717, 1.165) is 4.88 Å². The number of nitrogens with zero attached hydrogens (tertiary/aromatic N) is 2. The SMILES string of the molecule is CC(OCc1noc(-c2cccs2)n1)C(=O)O. The summed E-state index contributed by atoms with van der Waals surface area (Å²) in [5.41, 5.74) is 0. The zero-order chi connectivity index (χ0) is 12.3. The summed E-state index contributed by atoms with van der Waals surface area (Å²) in [6, 6.07) is 3.75. The van der Waals surface area contributed by atoms with Gasteiger partial charge in [0.25, 0.3) is 5.89 Å². The van der Waals surface area contributed by atoms with Crippen LogP contribution in [0.1, 0.15) is 12.7 Å². The monoisotopic (exact) mass is 254 g/mol. The minimum absolute atomic E-state index is 0.0162. The molecule has 90 valence electrons. The molecule has 6 nitrogen and oxygen atoms in total. The maximum Gasteiger partial charge on any atom is 0.332 e. The van der Waals surface area contributed by atoms with Crippen LogP contribution in [0.4, 0.5) is 0 Å². The standard InChI is InChI=1S/C10H10N2O4S/c1-6(10(13)14)15-5-8-11-9(16-12-8)7-3-2-4-17-7/h2-4,6H,5H2,1H3,(H,13,14). The highest BCUT2D eigenvalue weighted by Gasteiger charge is 2.14. The molecule has 0 spiro atoms. The second-order valence-electron chi connectivity index (χ2n) is 3.28. The number of ether oxygens (including phenoxy) is 1. The van der Waals surface area contributed by atoms with Crippen LogP contribution in [0.15, 0.2) is 22.0 Å². The third-order valence-electron chi connectivity index (χ3n) is 2.01. The number of carbonyl (C=O) groups is 1. The van der Waals surface area contributed by atoms with Crippen molar-refractivity contribution in [2.45, 2.75) is 19.6 Å². The van der Waals surface area contributed by atoms with Crippen LogP contribution in [0.2, 0.25) is 0 Å². The molecule has 2 rings (SSSR count). The first-order valence-electron chi connectivity index (χ1n) is 4.87. The summed E-state index contributed by atoms with van der Waals surface area (Å²) >= 11 is 1.49. The van der Waals surface area contributed by atoms with Crippen molar-refractivity contribution >= 4 is 17.3 Å². The molecule has 0 amide bonds. The zero-order valence-electron chi connectivity index (χ0n) is 8.99. The molecule has 0 aliphatic heterocycles. The van der Waals surface area contributed by atoms with Crippen LogP contribution >= 0.6 is 11.3 Å². The Kier molecular flexibility index (Phi) is 3.50. The van der Waals surface area contributed by atoms with Gasteiger partial charge in [0.1, 0.15) is 6.61 Å². The van der Waals surface area contributed by atoms with Crippen LogP contribution in [0.3, 0.4) is 0 Å². The summed E-state index contributed by atoms with van der Waals surface area (Å²) in [6.45, 7) is 1.46. The number of hydrogen-bond acceptors (Lipinski definition) is 6. The summed E-state index contributed by atoms with van der Waals surface area (Å²) in [6.07, 6.45) is -0.890. The molecule has 2 heterocycles. The van der Waals surface area contributed by atoms with E-state index < -0.39 is 12.1 Å². The summed E-state index contributed by atoms with van der Waals surface area (Å²) in [7, 11) is 0. The van der Waals surface area contributed by atoms with E-state index in [4.69, 9.17) is 14.4 Å². The van der Waals surface area contributed by atoms with Gasteiger partial charge in [0.15, 0.2) is 11.9 Å². The summed E-state index contributed by atoms with van der Waals surface area (Å²) in [4.78, 5) is 15.5. The molecule has 0 bridgehead atoms. The van der Waals surface area contributed by atoms with Crippen molar-refractivity contribution in [3.63, 3.8) is 0 Å². The van der Waals surface area contributed by atoms with Gasteiger partial charge in [0, 0.05) is 0 Å². The lowest BCUT2D eigenvalue weighted by molar-refractivity contribution is -0.150. The van der Waals surface area contributed by atoms with Gasteiger partial charge < -0.3 is 14.4 Å². The molecule has 0 saturated heterocycles. The van der Waals surface area contributed by atoms with Crippen LogP contribution in [0.5, 0.6) is 0 Å². The summed E-state index contributed by atoms with van der Waals surface area (Å²) in [5.74, 6) is -0.268. The van der Waals surface area contributed by atoms with Gasteiger partial charge in [-0.25, -0.2) is 4.79 Å². The highest BCUT2D eigenvalue weighted by molar-refractivity contribution is 7.13. The molecule has 0 fully saturated rings. The predicted octanol–water partition coefficient (Wildman–Crippen LogP) is 1.79. The minimum Gasteiger partial charge on any atom is -0.479 e. The maximum absolute atomic E-state index is 10.5.